The third-order valence-electron chi connectivity index (χ3n) is 1.54. The van der Waals surface area contributed by atoms with Crippen molar-refractivity contribution in [2.75, 3.05) is 0 Å². The molecule has 0 bridgehead atoms. The van der Waals surface area contributed by atoms with E-state index in [2.05, 4.69) is 25.6 Å². The van der Waals surface area contributed by atoms with Crippen molar-refractivity contribution < 1.29 is 0 Å². The van der Waals surface area contributed by atoms with Gasteiger partial charge in [-0.15, -0.1) is 6.58 Å². The Morgan fingerprint density at radius 3 is 3.10 bits per heavy atom. The van der Waals surface area contributed by atoms with Gasteiger partial charge in [-0.25, -0.2) is 0 Å². The second kappa shape index (κ2) is 3.21. The van der Waals surface area contributed by atoms with Gasteiger partial charge in [-0.05, 0) is 30.5 Å². The van der Waals surface area contributed by atoms with E-state index in [-0.39, 0.29) is 0 Å². The van der Waals surface area contributed by atoms with Crippen LogP contribution in [0.15, 0.2) is 30.9 Å². The van der Waals surface area contributed by atoms with E-state index in [1.54, 1.807) is 0 Å². The Labute approximate surface area is 62.2 Å². The summed E-state index contributed by atoms with van der Waals surface area (Å²) in [6, 6.07) is 9.18. The van der Waals surface area contributed by atoms with Crippen LogP contribution in [0, 0.1) is 13.0 Å². The molecule has 0 unspecified atom stereocenters. The zero-order chi connectivity index (χ0) is 7.40. The molecule has 0 aromatic heterocycles. The highest BCUT2D eigenvalue weighted by atomic mass is 14.0. The molecule has 0 heteroatoms. The van der Waals surface area contributed by atoms with Crippen LogP contribution in [0.2, 0.25) is 0 Å². The maximum absolute atomic E-state index is 3.68. The van der Waals surface area contributed by atoms with Crippen LogP contribution in [-0.4, -0.2) is 0 Å². The van der Waals surface area contributed by atoms with Crippen LogP contribution in [0.25, 0.3) is 0 Å². The van der Waals surface area contributed by atoms with E-state index in [9.17, 15) is 0 Å². The van der Waals surface area contributed by atoms with Crippen molar-refractivity contribution in [3.8, 4) is 0 Å². The number of benzene rings is 1. The highest BCUT2D eigenvalue weighted by Crippen LogP contribution is 2.06. The molecule has 0 fully saturated rings. The Kier molecular flexibility index (Phi) is 2.27. The first-order valence-corrected chi connectivity index (χ1v) is 3.41. The summed E-state index contributed by atoms with van der Waals surface area (Å²) in [7, 11) is 0. The molecule has 51 valence electrons. The summed E-state index contributed by atoms with van der Waals surface area (Å²) in [4.78, 5) is 0. The van der Waals surface area contributed by atoms with Crippen molar-refractivity contribution in [3.63, 3.8) is 0 Å². The molecule has 0 amide bonds. The predicted octanol–water partition coefficient (Wildman–Crippen LogP) is 2.52. The summed E-state index contributed by atoms with van der Waals surface area (Å²) in [5.74, 6) is 0. The van der Waals surface area contributed by atoms with Crippen LogP contribution in [0.3, 0.4) is 0 Å². The van der Waals surface area contributed by atoms with Gasteiger partial charge in [-0.1, -0.05) is 24.3 Å². The van der Waals surface area contributed by atoms with Gasteiger partial charge in [0.15, 0.2) is 0 Å². The lowest BCUT2D eigenvalue weighted by atomic mass is 10.1. The molecule has 1 radical (unpaired) electrons. The van der Waals surface area contributed by atoms with E-state index in [1.807, 2.05) is 18.2 Å². The summed E-state index contributed by atoms with van der Waals surface area (Å²) in [6.45, 7) is 5.75. The van der Waals surface area contributed by atoms with Crippen molar-refractivity contribution in [1.29, 1.82) is 0 Å². The highest BCUT2D eigenvalue weighted by molar-refractivity contribution is 5.25. The molecule has 0 aliphatic rings. The van der Waals surface area contributed by atoms with Crippen molar-refractivity contribution in [2.24, 2.45) is 0 Å². The normalized spacial score (nSPS) is 9.30. The van der Waals surface area contributed by atoms with Crippen molar-refractivity contribution in [2.45, 2.75) is 13.3 Å². The molecule has 1 rings (SSSR count). The van der Waals surface area contributed by atoms with Gasteiger partial charge in [0, 0.05) is 0 Å². The molecular weight excluding hydrogens is 120 g/mol. The van der Waals surface area contributed by atoms with Gasteiger partial charge in [0.1, 0.15) is 0 Å². The first-order valence-electron chi connectivity index (χ1n) is 3.41. The van der Waals surface area contributed by atoms with Gasteiger partial charge in [0.25, 0.3) is 0 Å². The van der Waals surface area contributed by atoms with Gasteiger partial charge in [0.05, 0.1) is 0 Å². The van der Waals surface area contributed by atoms with Gasteiger partial charge in [0.2, 0.25) is 0 Å². The van der Waals surface area contributed by atoms with Gasteiger partial charge in [-0.2, -0.15) is 0 Å². The SMILES string of the molecule is C=CCc1ccc[c]c1C. The second-order valence-corrected chi connectivity index (χ2v) is 2.31. The number of rotatable bonds is 2. The molecule has 0 N–H and O–H groups in total. The lowest BCUT2D eigenvalue weighted by Gasteiger charge is -1.98. The van der Waals surface area contributed by atoms with E-state index in [0.717, 1.165) is 6.42 Å². The zero-order valence-corrected chi connectivity index (χ0v) is 6.22. The Morgan fingerprint density at radius 2 is 2.50 bits per heavy atom. The van der Waals surface area contributed by atoms with Crippen molar-refractivity contribution in [1.82, 2.24) is 0 Å². The Hall–Kier alpha value is -1.04. The zero-order valence-electron chi connectivity index (χ0n) is 6.22. The van der Waals surface area contributed by atoms with Crippen molar-refractivity contribution >= 4 is 0 Å². The van der Waals surface area contributed by atoms with Crippen molar-refractivity contribution in [3.05, 3.63) is 48.0 Å². The maximum Gasteiger partial charge on any atom is -0.00973 e. The second-order valence-electron chi connectivity index (χ2n) is 2.31. The van der Waals surface area contributed by atoms with Crippen LogP contribution >= 0.6 is 0 Å². The average molecular weight is 131 g/mol. The number of aryl methyl sites for hydroxylation is 1. The Balaban J connectivity index is 2.91. The van der Waals surface area contributed by atoms with Crippen LogP contribution in [0.5, 0.6) is 0 Å². The van der Waals surface area contributed by atoms with Gasteiger partial charge < -0.3 is 0 Å². The van der Waals surface area contributed by atoms with Crippen LogP contribution in [0.1, 0.15) is 11.1 Å². The minimum absolute atomic E-state index is 0.948. The predicted molar refractivity (Wildman–Crippen MR) is 43.9 cm³/mol. The smallest absolute Gasteiger partial charge is 0.00973 e. The molecule has 0 aliphatic heterocycles. The molecule has 1 aromatic rings. The topological polar surface area (TPSA) is 0 Å². The monoisotopic (exact) mass is 131 g/mol. The summed E-state index contributed by atoms with van der Waals surface area (Å²) in [6.07, 6.45) is 2.86. The quantitative estimate of drug-likeness (QED) is 0.541. The number of hydrogen-bond acceptors (Lipinski definition) is 0. The van der Waals surface area contributed by atoms with E-state index in [1.165, 1.54) is 11.1 Å². The fourth-order valence-corrected chi connectivity index (χ4v) is 0.932. The first-order chi connectivity index (χ1) is 4.84. The van der Waals surface area contributed by atoms with Crippen LogP contribution in [-0.2, 0) is 6.42 Å². The van der Waals surface area contributed by atoms with E-state index < -0.39 is 0 Å². The summed E-state index contributed by atoms with van der Waals surface area (Å²) >= 11 is 0. The summed E-state index contributed by atoms with van der Waals surface area (Å²) in [5, 5.41) is 0. The fraction of sp³-hybridized carbons (Fsp3) is 0.200. The minimum atomic E-state index is 0.948. The number of hydrogen-bond donors (Lipinski definition) is 0. The lowest BCUT2D eigenvalue weighted by molar-refractivity contribution is 1.21. The van der Waals surface area contributed by atoms with E-state index in [0.29, 0.717) is 0 Å². The summed E-state index contributed by atoms with van der Waals surface area (Å²) in [5.41, 5.74) is 2.54. The first kappa shape index (κ1) is 7.07. The maximum atomic E-state index is 3.68. The highest BCUT2D eigenvalue weighted by Gasteiger charge is 1.91. The van der Waals surface area contributed by atoms with E-state index >= 15 is 0 Å². The molecule has 0 atom stereocenters. The average Bonchev–Trinajstić information content (AvgIpc) is 1.94. The molecule has 0 heterocycles. The Bertz CT molecular complexity index is 223. The molecule has 1 aromatic carbocycles. The molecule has 0 spiro atoms. The van der Waals surface area contributed by atoms with Crippen LogP contribution in [0.4, 0.5) is 0 Å². The van der Waals surface area contributed by atoms with Crippen LogP contribution < -0.4 is 0 Å². The largest absolute Gasteiger partial charge is 0.103 e. The third-order valence-corrected chi connectivity index (χ3v) is 1.54. The molecule has 10 heavy (non-hydrogen) atoms. The molecule has 0 nitrogen and oxygen atoms in total. The van der Waals surface area contributed by atoms with E-state index in [4.69, 9.17) is 0 Å². The number of allylic oxidation sites excluding steroid dienone is 1. The lowest BCUT2D eigenvalue weighted by Crippen LogP contribution is -1.84. The molecule has 0 saturated heterocycles. The Morgan fingerprint density at radius 1 is 1.70 bits per heavy atom. The molecule has 0 aliphatic carbocycles. The van der Waals surface area contributed by atoms with Gasteiger partial charge in [-0.3, -0.25) is 0 Å². The molecular formula is C10H11. The summed E-state index contributed by atoms with van der Waals surface area (Å²) < 4.78 is 0. The van der Waals surface area contributed by atoms with Gasteiger partial charge >= 0.3 is 0 Å². The molecule has 0 saturated carbocycles. The fourth-order valence-electron chi connectivity index (χ4n) is 0.932. The standard InChI is InChI=1S/C10H11/c1-3-6-10-8-5-4-7-9(10)2/h3-5,8H,1,6H2,2H3. The third kappa shape index (κ3) is 1.47. The minimum Gasteiger partial charge on any atom is -0.103 e.